The van der Waals surface area contributed by atoms with E-state index >= 15 is 0 Å². The zero-order valence-corrected chi connectivity index (χ0v) is 13.7. The first-order chi connectivity index (χ1) is 9.81. The molecule has 1 rings (SSSR count). The Bertz CT molecular complexity index is 510. The van der Waals surface area contributed by atoms with E-state index < -0.39 is 0 Å². The predicted molar refractivity (Wildman–Crippen MR) is 86.3 cm³/mol. The molecule has 0 spiro atoms. The van der Waals surface area contributed by atoms with Crippen LogP contribution in [-0.2, 0) is 9.59 Å². The molecule has 0 fully saturated rings. The Morgan fingerprint density at radius 3 is 2.48 bits per heavy atom. The van der Waals surface area contributed by atoms with Crippen LogP contribution in [0.1, 0.15) is 38.3 Å². The number of nitrogens with one attached hydrogen (secondary N) is 1. The van der Waals surface area contributed by atoms with Gasteiger partial charge in [-0.15, -0.1) is 0 Å². The average Bonchev–Trinajstić information content (AvgIpc) is 2.39. The second-order valence-corrected chi connectivity index (χ2v) is 5.90. The number of hydrogen-bond acceptors (Lipinski definition) is 2. The molecular weight excluding hydrogens is 264 g/mol. The Morgan fingerprint density at radius 2 is 1.90 bits per heavy atom. The number of hydrogen-bond donors (Lipinski definition) is 1. The molecule has 0 saturated heterocycles. The summed E-state index contributed by atoms with van der Waals surface area (Å²) in [6.07, 6.45) is 0.319. The summed E-state index contributed by atoms with van der Waals surface area (Å²) < 4.78 is 0. The topological polar surface area (TPSA) is 49.4 Å². The quantitative estimate of drug-likeness (QED) is 0.875. The predicted octanol–water partition coefficient (Wildman–Crippen LogP) is 3.14. The summed E-state index contributed by atoms with van der Waals surface area (Å²) in [6, 6.07) is 5.85. The van der Waals surface area contributed by atoms with Gasteiger partial charge in [-0.2, -0.15) is 0 Å². The lowest BCUT2D eigenvalue weighted by Gasteiger charge is -2.23. The van der Waals surface area contributed by atoms with E-state index in [0.717, 1.165) is 16.8 Å². The van der Waals surface area contributed by atoms with E-state index in [2.05, 4.69) is 19.2 Å². The molecule has 1 aromatic carbocycles. The van der Waals surface area contributed by atoms with Crippen LogP contribution in [0.15, 0.2) is 18.2 Å². The maximum Gasteiger partial charge on any atom is 0.226 e. The van der Waals surface area contributed by atoms with Crippen molar-refractivity contribution in [2.24, 2.45) is 5.92 Å². The molecular formula is C17H26N2O2. The number of carbonyl (C=O) groups excluding carboxylic acids is 2. The Labute approximate surface area is 127 Å². The van der Waals surface area contributed by atoms with Crippen molar-refractivity contribution in [1.82, 2.24) is 4.90 Å². The number of amides is 2. The fourth-order valence-corrected chi connectivity index (χ4v) is 2.15. The number of aryl methyl sites for hydroxylation is 1. The Hall–Kier alpha value is -1.84. The van der Waals surface area contributed by atoms with Gasteiger partial charge in [0.2, 0.25) is 11.8 Å². The van der Waals surface area contributed by atoms with Crippen LogP contribution in [0.4, 0.5) is 5.69 Å². The zero-order valence-electron chi connectivity index (χ0n) is 13.7. The van der Waals surface area contributed by atoms with Gasteiger partial charge in [-0.25, -0.2) is 0 Å². The van der Waals surface area contributed by atoms with Crippen LogP contribution >= 0.6 is 0 Å². The number of anilines is 1. The lowest BCUT2D eigenvalue weighted by Crippen LogP contribution is -2.34. The van der Waals surface area contributed by atoms with Gasteiger partial charge in [-0.1, -0.05) is 26.0 Å². The van der Waals surface area contributed by atoms with E-state index in [-0.39, 0.29) is 11.8 Å². The first-order valence-electron chi connectivity index (χ1n) is 7.42. The number of rotatable bonds is 6. The third-order valence-electron chi connectivity index (χ3n) is 3.52. The molecule has 0 aromatic heterocycles. The second-order valence-electron chi connectivity index (χ2n) is 5.90. The zero-order chi connectivity index (χ0) is 16.0. The third-order valence-corrected chi connectivity index (χ3v) is 3.52. The van der Waals surface area contributed by atoms with E-state index in [1.165, 1.54) is 0 Å². The van der Waals surface area contributed by atoms with Crippen molar-refractivity contribution in [2.45, 2.75) is 41.0 Å². The summed E-state index contributed by atoms with van der Waals surface area (Å²) in [5, 5.41) is 2.92. The van der Waals surface area contributed by atoms with Gasteiger partial charge < -0.3 is 10.2 Å². The molecule has 1 N–H and O–H groups in total. The molecule has 0 bridgehead atoms. The first kappa shape index (κ1) is 17.2. The SMILES string of the molecule is CC(=O)N(CCC(=O)Nc1cccc(C)c1C)CC(C)C. The molecule has 0 radical (unpaired) electrons. The van der Waals surface area contributed by atoms with Crippen LogP contribution in [-0.4, -0.2) is 29.8 Å². The average molecular weight is 290 g/mol. The van der Waals surface area contributed by atoms with Crippen molar-refractivity contribution in [3.8, 4) is 0 Å². The number of carbonyl (C=O) groups is 2. The molecule has 116 valence electrons. The maximum atomic E-state index is 12.0. The van der Waals surface area contributed by atoms with Crippen molar-refractivity contribution in [2.75, 3.05) is 18.4 Å². The van der Waals surface area contributed by atoms with Crippen LogP contribution < -0.4 is 5.32 Å². The van der Waals surface area contributed by atoms with E-state index in [0.29, 0.717) is 25.4 Å². The minimum absolute atomic E-state index is 0.0169. The summed E-state index contributed by atoms with van der Waals surface area (Å²) >= 11 is 0. The fraction of sp³-hybridized carbons (Fsp3) is 0.529. The highest BCUT2D eigenvalue weighted by atomic mass is 16.2. The molecule has 0 atom stereocenters. The third kappa shape index (κ3) is 5.58. The summed E-state index contributed by atoms with van der Waals surface area (Å²) in [5.74, 6) is 0.359. The molecule has 2 amide bonds. The summed E-state index contributed by atoms with van der Waals surface area (Å²) in [5.41, 5.74) is 3.08. The van der Waals surface area contributed by atoms with Gasteiger partial charge >= 0.3 is 0 Å². The molecule has 21 heavy (non-hydrogen) atoms. The Morgan fingerprint density at radius 1 is 1.24 bits per heavy atom. The van der Waals surface area contributed by atoms with Gasteiger partial charge in [0.1, 0.15) is 0 Å². The Kier molecular flexibility index (Phi) is 6.40. The molecule has 0 aliphatic rings. The van der Waals surface area contributed by atoms with E-state index in [1.54, 1.807) is 11.8 Å². The van der Waals surface area contributed by atoms with E-state index in [1.807, 2.05) is 32.0 Å². The minimum Gasteiger partial charge on any atom is -0.342 e. The summed E-state index contributed by atoms with van der Waals surface area (Å²) in [6.45, 7) is 10.8. The molecule has 0 unspecified atom stereocenters. The summed E-state index contributed by atoms with van der Waals surface area (Å²) in [4.78, 5) is 25.3. The number of benzene rings is 1. The van der Waals surface area contributed by atoms with Gasteiger partial charge in [0.15, 0.2) is 0 Å². The second kappa shape index (κ2) is 7.81. The van der Waals surface area contributed by atoms with E-state index in [4.69, 9.17) is 0 Å². The van der Waals surface area contributed by atoms with Crippen LogP contribution in [0, 0.1) is 19.8 Å². The van der Waals surface area contributed by atoms with Crippen molar-refractivity contribution in [3.63, 3.8) is 0 Å². The molecule has 1 aromatic rings. The highest BCUT2D eigenvalue weighted by molar-refractivity contribution is 5.92. The molecule has 4 nitrogen and oxygen atoms in total. The van der Waals surface area contributed by atoms with Crippen LogP contribution in [0.3, 0.4) is 0 Å². The van der Waals surface area contributed by atoms with Gasteiger partial charge in [0.25, 0.3) is 0 Å². The van der Waals surface area contributed by atoms with Gasteiger partial charge in [-0.3, -0.25) is 9.59 Å². The molecule has 0 aliphatic carbocycles. The van der Waals surface area contributed by atoms with Crippen LogP contribution in [0.25, 0.3) is 0 Å². The lowest BCUT2D eigenvalue weighted by atomic mass is 10.1. The van der Waals surface area contributed by atoms with Gasteiger partial charge in [0, 0.05) is 32.1 Å². The largest absolute Gasteiger partial charge is 0.342 e. The molecule has 0 heterocycles. The Balaban J connectivity index is 2.57. The highest BCUT2D eigenvalue weighted by Gasteiger charge is 2.13. The van der Waals surface area contributed by atoms with Gasteiger partial charge in [0.05, 0.1) is 0 Å². The van der Waals surface area contributed by atoms with Crippen molar-refractivity contribution in [3.05, 3.63) is 29.3 Å². The van der Waals surface area contributed by atoms with Crippen molar-refractivity contribution in [1.29, 1.82) is 0 Å². The van der Waals surface area contributed by atoms with Crippen molar-refractivity contribution >= 4 is 17.5 Å². The monoisotopic (exact) mass is 290 g/mol. The summed E-state index contributed by atoms with van der Waals surface area (Å²) in [7, 11) is 0. The first-order valence-corrected chi connectivity index (χ1v) is 7.42. The lowest BCUT2D eigenvalue weighted by molar-refractivity contribution is -0.129. The fourth-order valence-electron chi connectivity index (χ4n) is 2.15. The van der Waals surface area contributed by atoms with Crippen LogP contribution in [0.5, 0.6) is 0 Å². The standard InChI is InChI=1S/C17H26N2O2/c1-12(2)11-19(15(5)20)10-9-17(21)18-16-8-6-7-13(3)14(16)4/h6-8,12H,9-11H2,1-5H3,(H,18,21). The highest BCUT2D eigenvalue weighted by Crippen LogP contribution is 2.18. The van der Waals surface area contributed by atoms with E-state index in [9.17, 15) is 9.59 Å². The number of nitrogens with zero attached hydrogens (tertiary/aromatic N) is 1. The molecule has 0 saturated carbocycles. The van der Waals surface area contributed by atoms with Gasteiger partial charge in [-0.05, 0) is 37.0 Å². The minimum atomic E-state index is -0.0568. The molecule has 0 aliphatic heterocycles. The normalized spacial score (nSPS) is 10.6. The molecule has 4 heteroatoms. The maximum absolute atomic E-state index is 12.0. The smallest absolute Gasteiger partial charge is 0.226 e. The van der Waals surface area contributed by atoms with Crippen LogP contribution in [0.2, 0.25) is 0 Å². The van der Waals surface area contributed by atoms with Crippen molar-refractivity contribution < 1.29 is 9.59 Å².